The highest BCUT2D eigenvalue weighted by Crippen LogP contribution is 2.22. The van der Waals surface area contributed by atoms with Gasteiger partial charge in [-0.3, -0.25) is 9.59 Å². The van der Waals surface area contributed by atoms with Crippen LogP contribution in [0.25, 0.3) is 0 Å². The fraction of sp³-hybridized carbons (Fsp3) is 0.136. The molecule has 2 aromatic carbocycles. The van der Waals surface area contributed by atoms with Gasteiger partial charge in [0, 0.05) is 16.1 Å². The average molecular weight is 444 g/mol. The van der Waals surface area contributed by atoms with Crippen molar-refractivity contribution in [3.05, 3.63) is 82.5 Å². The molecular weight excluding hydrogens is 425 g/mol. The molecular formula is C22H19Cl2N3O3. The summed E-state index contributed by atoms with van der Waals surface area (Å²) in [5.41, 5.74) is 1.24. The van der Waals surface area contributed by atoms with Gasteiger partial charge in [-0.25, -0.2) is 4.98 Å². The van der Waals surface area contributed by atoms with Gasteiger partial charge >= 0.3 is 11.8 Å². The number of anilines is 1. The first kappa shape index (κ1) is 21.6. The Morgan fingerprint density at radius 2 is 1.57 bits per heavy atom. The second-order valence-electron chi connectivity index (χ2n) is 6.38. The summed E-state index contributed by atoms with van der Waals surface area (Å²) >= 11 is 11.7. The number of nitrogens with zero attached hydrogens (tertiary/aromatic N) is 1. The van der Waals surface area contributed by atoms with Gasteiger partial charge in [-0.05, 0) is 54.4 Å². The molecule has 3 rings (SSSR count). The molecule has 2 amide bonds. The number of hydrogen-bond acceptors (Lipinski definition) is 4. The highest BCUT2D eigenvalue weighted by Gasteiger charge is 2.19. The molecule has 0 spiro atoms. The van der Waals surface area contributed by atoms with Crippen molar-refractivity contribution in [3.8, 4) is 11.6 Å². The summed E-state index contributed by atoms with van der Waals surface area (Å²) in [6.45, 7) is 1.92. The van der Waals surface area contributed by atoms with Crippen LogP contribution < -0.4 is 15.4 Å². The van der Waals surface area contributed by atoms with Gasteiger partial charge in [0.05, 0.1) is 17.9 Å². The molecule has 0 fully saturated rings. The first-order chi connectivity index (χ1) is 14.4. The lowest BCUT2D eigenvalue weighted by Gasteiger charge is -2.17. The van der Waals surface area contributed by atoms with E-state index in [0.29, 0.717) is 33.8 Å². The molecule has 1 atom stereocenters. The molecule has 1 heterocycles. The molecule has 154 valence electrons. The maximum Gasteiger partial charge on any atom is 0.313 e. The van der Waals surface area contributed by atoms with Gasteiger partial charge in [0.2, 0.25) is 5.88 Å². The smallest absolute Gasteiger partial charge is 0.313 e. The van der Waals surface area contributed by atoms with Gasteiger partial charge in [-0.2, -0.15) is 0 Å². The zero-order valence-corrected chi connectivity index (χ0v) is 17.6. The summed E-state index contributed by atoms with van der Waals surface area (Å²) < 4.78 is 5.59. The zero-order valence-electron chi connectivity index (χ0n) is 16.1. The molecule has 0 radical (unpaired) electrons. The highest BCUT2D eigenvalue weighted by atomic mass is 35.5. The number of pyridine rings is 1. The van der Waals surface area contributed by atoms with Crippen LogP contribution in [0.1, 0.15) is 24.9 Å². The van der Waals surface area contributed by atoms with Crippen LogP contribution in [0.5, 0.6) is 11.6 Å². The minimum absolute atomic E-state index is 0.297. The Hall–Kier alpha value is -3.09. The van der Waals surface area contributed by atoms with Crippen molar-refractivity contribution in [1.29, 1.82) is 0 Å². The Balaban J connectivity index is 1.57. The monoisotopic (exact) mass is 443 g/mol. The molecule has 1 aromatic heterocycles. The molecule has 30 heavy (non-hydrogen) atoms. The van der Waals surface area contributed by atoms with Gasteiger partial charge in [0.1, 0.15) is 5.75 Å². The predicted molar refractivity (Wildman–Crippen MR) is 117 cm³/mol. The first-order valence-corrected chi connectivity index (χ1v) is 9.97. The summed E-state index contributed by atoms with van der Waals surface area (Å²) in [6.07, 6.45) is 2.03. The van der Waals surface area contributed by atoms with Crippen molar-refractivity contribution >= 4 is 40.7 Å². The maximum atomic E-state index is 12.3. The van der Waals surface area contributed by atoms with Crippen LogP contribution in [-0.2, 0) is 9.59 Å². The molecule has 0 aliphatic carbocycles. The number of ether oxygens (including phenoxy) is 1. The number of carbonyl (C=O) groups is 2. The normalized spacial score (nSPS) is 11.4. The van der Waals surface area contributed by atoms with Crippen molar-refractivity contribution in [1.82, 2.24) is 10.3 Å². The van der Waals surface area contributed by atoms with E-state index in [4.69, 9.17) is 27.9 Å². The van der Waals surface area contributed by atoms with E-state index >= 15 is 0 Å². The van der Waals surface area contributed by atoms with Crippen molar-refractivity contribution in [2.45, 2.75) is 19.4 Å². The number of benzene rings is 2. The molecule has 8 heteroatoms. The van der Waals surface area contributed by atoms with Crippen LogP contribution in [0.3, 0.4) is 0 Å². The Morgan fingerprint density at radius 1 is 0.933 bits per heavy atom. The Kier molecular flexibility index (Phi) is 7.27. The zero-order chi connectivity index (χ0) is 21.5. The molecule has 6 nitrogen and oxygen atoms in total. The SMILES string of the molecule is CCC(NC(=O)C(=O)Nc1ccc(Oc2ccc(Cl)cc2)nc1)c1ccc(Cl)cc1. The van der Waals surface area contributed by atoms with E-state index in [1.54, 1.807) is 48.5 Å². The topological polar surface area (TPSA) is 80.3 Å². The predicted octanol–water partition coefficient (Wildman–Crippen LogP) is 5.39. The number of amides is 2. The summed E-state index contributed by atoms with van der Waals surface area (Å²) in [5.74, 6) is -0.599. The quantitative estimate of drug-likeness (QED) is 0.500. The van der Waals surface area contributed by atoms with E-state index in [1.165, 1.54) is 6.20 Å². The Bertz CT molecular complexity index is 1010. The molecule has 0 bridgehead atoms. The van der Waals surface area contributed by atoms with Crippen LogP contribution in [0.15, 0.2) is 66.9 Å². The first-order valence-electron chi connectivity index (χ1n) is 9.21. The number of nitrogens with one attached hydrogen (secondary N) is 2. The third-order valence-corrected chi connectivity index (χ3v) is 4.73. The van der Waals surface area contributed by atoms with E-state index < -0.39 is 11.8 Å². The fourth-order valence-corrected chi connectivity index (χ4v) is 2.92. The fourth-order valence-electron chi connectivity index (χ4n) is 2.67. The van der Waals surface area contributed by atoms with Crippen molar-refractivity contribution in [2.75, 3.05) is 5.32 Å². The summed E-state index contributed by atoms with van der Waals surface area (Å²) in [4.78, 5) is 28.7. The molecule has 0 aliphatic rings. The molecule has 2 N–H and O–H groups in total. The van der Waals surface area contributed by atoms with E-state index in [1.807, 2.05) is 19.1 Å². The highest BCUT2D eigenvalue weighted by molar-refractivity contribution is 6.39. The number of halogens is 2. The number of carbonyl (C=O) groups excluding carboxylic acids is 2. The van der Waals surface area contributed by atoms with Crippen LogP contribution in [0, 0.1) is 0 Å². The molecule has 0 aliphatic heterocycles. The van der Waals surface area contributed by atoms with E-state index in [0.717, 1.165) is 5.56 Å². The lowest BCUT2D eigenvalue weighted by atomic mass is 10.0. The number of hydrogen-bond donors (Lipinski definition) is 2. The number of rotatable bonds is 6. The molecule has 0 saturated heterocycles. The van der Waals surface area contributed by atoms with Crippen molar-refractivity contribution in [2.24, 2.45) is 0 Å². The van der Waals surface area contributed by atoms with Gasteiger partial charge in [-0.1, -0.05) is 42.3 Å². The molecule has 3 aromatic rings. The Labute approximate surface area is 184 Å². The van der Waals surface area contributed by atoms with Crippen LogP contribution in [0.4, 0.5) is 5.69 Å². The van der Waals surface area contributed by atoms with Gasteiger partial charge in [-0.15, -0.1) is 0 Å². The van der Waals surface area contributed by atoms with E-state index in [2.05, 4.69) is 15.6 Å². The lowest BCUT2D eigenvalue weighted by molar-refractivity contribution is -0.136. The van der Waals surface area contributed by atoms with E-state index in [9.17, 15) is 9.59 Å². The van der Waals surface area contributed by atoms with Crippen LogP contribution >= 0.6 is 23.2 Å². The number of aromatic nitrogens is 1. The van der Waals surface area contributed by atoms with Gasteiger partial charge < -0.3 is 15.4 Å². The minimum atomic E-state index is -0.782. The van der Waals surface area contributed by atoms with Gasteiger partial charge in [0.15, 0.2) is 0 Å². The van der Waals surface area contributed by atoms with Crippen LogP contribution in [0.2, 0.25) is 10.0 Å². The molecule has 1 unspecified atom stereocenters. The molecule has 0 saturated carbocycles. The third kappa shape index (κ3) is 5.95. The van der Waals surface area contributed by atoms with Gasteiger partial charge in [0.25, 0.3) is 0 Å². The van der Waals surface area contributed by atoms with E-state index in [-0.39, 0.29) is 6.04 Å². The summed E-state index contributed by atoms with van der Waals surface area (Å²) in [6, 6.07) is 16.9. The standard InChI is InChI=1S/C22H19Cl2N3O3/c1-2-19(14-3-5-15(23)6-4-14)27-22(29)21(28)26-17-9-12-20(25-13-17)30-18-10-7-16(24)8-11-18/h3-13,19H,2H2,1H3,(H,26,28)(H,27,29). The van der Waals surface area contributed by atoms with Crippen molar-refractivity contribution in [3.63, 3.8) is 0 Å². The van der Waals surface area contributed by atoms with Crippen molar-refractivity contribution < 1.29 is 14.3 Å². The van der Waals surface area contributed by atoms with Crippen LogP contribution in [-0.4, -0.2) is 16.8 Å². The maximum absolute atomic E-state index is 12.3. The lowest BCUT2D eigenvalue weighted by Crippen LogP contribution is -2.37. The largest absolute Gasteiger partial charge is 0.439 e. The summed E-state index contributed by atoms with van der Waals surface area (Å²) in [7, 11) is 0. The second-order valence-corrected chi connectivity index (χ2v) is 7.25. The minimum Gasteiger partial charge on any atom is -0.439 e. The summed E-state index contributed by atoms with van der Waals surface area (Å²) in [5, 5.41) is 6.45. The Morgan fingerprint density at radius 3 is 2.13 bits per heavy atom. The average Bonchev–Trinajstić information content (AvgIpc) is 2.75. The third-order valence-electron chi connectivity index (χ3n) is 4.22. The second kappa shape index (κ2) is 10.1.